The fourth-order valence-corrected chi connectivity index (χ4v) is 1.66. The van der Waals surface area contributed by atoms with Crippen LogP contribution in [0.4, 0.5) is 0 Å². The summed E-state index contributed by atoms with van der Waals surface area (Å²) in [4.78, 5) is 2.38. The normalized spacial score (nSPS) is 10.5. The Hall–Kier alpha value is -0.240. The van der Waals surface area contributed by atoms with E-state index in [4.69, 9.17) is 11.6 Å². The lowest BCUT2D eigenvalue weighted by Crippen LogP contribution is -2.32. The van der Waals surface area contributed by atoms with E-state index in [-0.39, 0.29) is 12.4 Å². The van der Waals surface area contributed by atoms with Crippen molar-refractivity contribution in [2.24, 2.45) is 0 Å². The molecule has 86 valence electrons. The van der Waals surface area contributed by atoms with Crippen molar-refractivity contribution in [1.82, 2.24) is 4.90 Å². The Morgan fingerprint density at radius 2 is 1.80 bits per heavy atom. The van der Waals surface area contributed by atoms with Crippen LogP contribution in [-0.2, 0) is 6.54 Å². The molecule has 15 heavy (non-hydrogen) atoms. The first-order valence-corrected chi connectivity index (χ1v) is 5.61. The Morgan fingerprint density at radius 3 is 2.27 bits per heavy atom. The summed E-state index contributed by atoms with van der Waals surface area (Å²) in [7, 11) is 0. The van der Waals surface area contributed by atoms with Crippen molar-refractivity contribution in [2.45, 2.75) is 26.4 Å². The minimum Gasteiger partial charge on any atom is -0.296 e. The topological polar surface area (TPSA) is 3.24 Å². The molecule has 0 unspecified atom stereocenters. The summed E-state index contributed by atoms with van der Waals surface area (Å²) in [5.74, 6) is 0.699. The second-order valence-corrected chi connectivity index (χ2v) is 4.12. The van der Waals surface area contributed by atoms with Gasteiger partial charge in [-0.3, -0.25) is 4.90 Å². The zero-order valence-corrected chi connectivity index (χ0v) is 10.9. The molecule has 0 heterocycles. The third kappa shape index (κ3) is 5.41. The summed E-state index contributed by atoms with van der Waals surface area (Å²) in [6, 6.07) is 11.1. The van der Waals surface area contributed by atoms with E-state index < -0.39 is 0 Å². The van der Waals surface area contributed by atoms with Crippen molar-refractivity contribution < 1.29 is 0 Å². The van der Waals surface area contributed by atoms with Crippen LogP contribution in [0.3, 0.4) is 0 Å². The molecule has 3 heteroatoms. The second kappa shape index (κ2) is 7.98. The number of hydrogen-bond donors (Lipinski definition) is 0. The van der Waals surface area contributed by atoms with Crippen LogP contribution in [0.25, 0.3) is 0 Å². The Morgan fingerprint density at radius 1 is 1.20 bits per heavy atom. The number of rotatable bonds is 5. The predicted octanol–water partition coefficient (Wildman–Crippen LogP) is 3.56. The van der Waals surface area contributed by atoms with Gasteiger partial charge < -0.3 is 0 Å². The third-order valence-electron chi connectivity index (χ3n) is 2.33. The lowest BCUT2D eigenvalue weighted by Gasteiger charge is -2.25. The van der Waals surface area contributed by atoms with Gasteiger partial charge in [0.1, 0.15) is 0 Å². The fraction of sp³-hybridized carbons (Fsp3) is 0.500. The van der Waals surface area contributed by atoms with E-state index in [1.54, 1.807) is 0 Å². The monoisotopic (exact) mass is 247 g/mol. The van der Waals surface area contributed by atoms with Crippen molar-refractivity contribution in [3.8, 4) is 0 Å². The van der Waals surface area contributed by atoms with Gasteiger partial charge in [-0.05, 0) is 19.4 Å². The van der Waals surface area contributed by atoms with Crippen LogP contribution in [0, 0.1) is 0 Å². The van der Waals surface area contributed by atoms with E-state index in [0.29, 0.717) is 11.9 Å². The van der Waals surface area contributed by atoms with E-state index in [0.717, 1.165) is 13.1 Å². The molecular weight excluding hydrogens is 229 g/mol. The molecule has 0 aliphatic heterocycles. The minimum atomic E-state index is 0. The van der Waals surface area contributed by atoms with Crippen LogP contribution in [0.1, 0.15) is 19.4 Å². The van der Waals surface area contributed by atoms with Gasteiger partial charge in [0.25, 0.3) is 0 Å². The molecule has 0 aliphatic rings. The van der Waals surface area contributed by atoms with Gasteiger partial charge in [0.15, 0.2) is 0 Å². The van der Waals surface area contributed by atoms with Gasteiger partial charge in [0.2, 0.25) is 0 Å². The first-order chi connectivity index (χ1) is 6.74. The zero-order chi connectivity index (χ0) is 10.4. The molecule has 0 bridgehead atoms. The van der Waals surface area contributed by atoms with Crippen molar-refractivity contribution >= 4 is 24.0 Å². The standard InChI is InChI=1S/C12H18ClN.ClH/c1-11(2)14(9-8-13)10-12-6-4-3-5-7-12;/h3-7,11H,8-10H2,1-2H3;1H. The molecule has 0 atom stereocenters. The number of alkyl halides is 1. The Bertz CT molecular complexity index is 249. The van der Waals surface area contributed by atoms with Gasteiger partial charge in [-0.25, -0.2) is 0 Å². The Balaban J connectivity index is 0.00000196. The van der Waals surface area contributed by atoms with Crippen LogP contribution in [0.5, 0.6) is 0 Å². The summed E-state index contributed by atoms with van der Waals surface area (Å²) in [5.41, 5.74) is 1.35. The lowest BCUT2D eigenvalue weighted by atomic mass is 10.2. The van der Waals surface area contributed by atoms with Gasteiger partial charge in [-0.15, -0.1) is 24.0 Å². The molecule has 0 saturated heterocycles. The quantitative estimate of drug-likeness (QED) is 0.720. The SMILES string of the molecule is CC(C)N(CCCl)Cc1ccccc1.Cl. The van der Waals surface area contributed by atoms with Crippen molar-refractivity contribution in [3.63, 3.8) is 0 Å². The van der Waals surface area contributed by atoms with E-state index in [1.807, 2.05) is 6.07 Å². The van der Waals surface area contributed by atoms with Gasteiger partial charge in [-0.2, -0.15) is 0 Å². The lowest BCUT2D eigenvalue weighted by molar-refractivity contribution is 0.226. The molecular formula is C12H19Cl2N. The maximum absolute atomic E-state index is 5.76. The van der Waals surface area contributed by atoms with Crippen molar-refractivity contribution in [2.75, 3.05) is 12.4 Å². The van der Waals surface area contributed by atoms with E-state index >= 15 is 0 Å². The average Bonchev–Trinajstić information content (AvgIpc) is 2.18. The molecule has 0 fully saturated rings. The molecule has 0 radical (unpaired) electrons. The van der Waals surface area contributed by atoms with Crippen molar-refractivity contribution in [1.29, 1.82) is 0 Å². The summed E-state index contributed by atoms with van der Waals surface area (Å²) in [5, 5.41) is 0. The maximum Gasteiger partial charge on any atom is 0.0351 e. The van der Waals surface area contributed by atoms with Gasteiger partial charge in [0, 0.05) is 25.0 Å². The average molecular weight is 248 g/mol. The van der Waals surface area contributed by atoms with Gasteiger partial charge >= 0.3 is 0 Å². The highest BCUT2D eigenvalue weighted by Gasteiger charge is 2.08. The Labute approximate surface area is 104 Å². The molecule has 1 nitrogen and oxygen atoms in total. The molecule has 0 N–H and O–H groups in total. The number of hydrogen-bond acceptors (Lipinski definition) is 1. The van der Waals surface area contributed by atoms with Crippen molar-refractivity contribution in [3.05, 3.63) is 35.9 Å². The van der Waals surface area contributed by atoms with E-state index in [9.17, 15) is 0 Å². The van der Waals surface area contributed by atoms with E-state index in [2.05, 4.69) is 43.0 Å². The Kier molecular flexibility index (Phi) is 7.85. The molecule has 0 amide bonds. The summed E-state index contributed by atoms with van der Waals surface area (Å²) >= 11 is 5.76. The first-order valence-electron chi connectivity index (χ1n) is 5.08. The van der Waals surface area contributed by atoms with Gasteiger partial charge in [0.05, 0.1) is 0 Å². The summed E-state index contributed by atoms with van der Waals surface area (Å²) < 4.78 is 0. The molecule has 0 aliphatic carbocycles. The van der Waals surface area contributed by atoms with Gasteiger partial charge in [-0.1, -0.05) is 30.3 Å². The minimum absolute atomic E-state index is 0. The molecule has 1 aromatic rings. The highest BCUT2D eigenvalue weighted by molar-refractivity contribution is 6.18. The highest BCUT2D eigenvalue weighted by Crippen LogP contribution is 2.07. The van der Waals surface area contributed by atoms with Crippen LogP contribution in [0.2, 0.25) is 0 Å². The smallest absolute Gasteiger partial charge is 0.0351 e. The first kappa shape index (κ1) is 14.8. The molecule has 1 rings (SSSR count). The second-order valence-electron chi connectivity index (χ2n) is 3.74. The number of nitrogens with zero attached hydrogens (tertiary/aromatic N) is 1. The number of halogens is 2. The fourth-order valence-electron chi connectivity index (χ4n) is 1.45. The highest BCUT2D eigenvalue weighted by atomic mass is 35.5. The molecule has 0 saturated carbocycles. The predicted molar refractivity (Wildman–Crippen MR) is 70.0 cm³/mol. The van der Waals surface area contributed by atoms with E-state index in [1.165, 1.54) is 5.56 Å². The third-order valence-corrected chi connectivity index (χ3v) is 2.50. The summed E-state index contributed by atoms with van der Waals surface area (Å²) in [6.45, 7) is 6.35. The number of benzene rings is 1. The molecule has 0 aromatic heterocycles. The van der Waals surface area contributed by atoms with Crippen LogP contribution < -0.4 is 0 Å². The maximum atomic E-state index is 5.76. The molecule has 0 spiro atoms. The van der Waals surface area contributed by atoms with Crippen LogP contribution >= 0.6 is 24.0 Å². The zero-order valence-electron chi connectivity index (χ0n) is 9.32. The summed E-state index contributed by atoms with van der Waals surface area (Å²) in [6.07, 6.45) is 0. The molecule has 1 aromatic carbocycles. The largest absolute Gasteiger partial charge is 0.296 e. The van der Waals surface area contributed by atoms with Crippen LogP contribution in [0.15, 0.2) is 30.3 Å². The van der Waals surface area contributed by atoms with Crippen LogP contribution in [-0.4, -0.2) is 23.4 Å².